The molecule has 116 valence electrons. The SMILES string of the molecule is Sc1ccccc1CN(Cc1ccccn1)Cc1ccccn1. The highest BCUT2D eigenvalue weighted by Gasteiger charge is 2.11. The molecule has 3 nitrogen and oxygen atoms in total. The van der Waals surface area contributed by atoms with Crippen LogP contribution in [0, 0.1) is 0 Å². The molecule has 0 saturated heterocycles. The third kappa shape index (κ3) is 4.65. The zero-order chi connectivity index (χ0) is 15.9. The first-order chi connectivity index (χ1) is 11.3. The van der Waals surface area contributed by atoms with E-state index in [1.54, 1.807) is 0 Å². The smallest absolute Gasteiger partial charge is 0.0544 e. The Kier molecular flexibility index (Phi) is 5.40. The number of pyridine rings is 2. The van der Waals surface area contributed by atoms with Crippen LogP contribution in [0.5, 0.6) is 0 Å². The topological polar surface area (TPSA) is 29.0 Å². The fourth-order valence-electron chi connectivity index (χ4n) is 2.49. The maximum absolute atomic E-state index is 4.57. The number of thiol groups is 1. The van der Waals surface area contributed by atoms with Crippen molar-refractivity contribution in [1.82, 2.24) is 14.9 Å². The second kappa shape index (κ2) is 7.90. The van der Waals surface area contributed by atoms with Gasteiger partial charge >= 0.3 is 0 Å². The highest BCUT2D eigenvalue weighted by atomic mass is 32.1. The van der Waals surface area contributed by atoms with Crippen molar-refractivity contribution in [3.8, 4) is 0 Å². The van der Waals surface area contributed by atoms with Crippen molar-refractivity contribution >= 4 is 12.6 Å². The van der Waals surface area contributed by atoms with Gasteiger partial charge in [-0.25, -0.2) is 0 Å². The molecule has 0 bridgehead atoms. The lowest BCUT2D eigenvalue weighted by Crippen LogP contribution is -2.23. The van der Waals surface area contributed by atoms with E-state index in [-0.39, 0.29) is 0 Å². The Labute approximate surface area is 142 Å². The first-order valence-corrected chi connectivity index (χ1v) is 8.05. The summed E-state index contributed by atoms with van der Waals surface area (Å²) in [6.45, 7) is 2.37. The molecule has 0 saturated carbocycles. The molecule has 3 aromatic rings. The summed E-state index contributed by atoms with van der Waals surface area (Å²) in [6, 6.07) is 20.2. The van der Waals surface area contributed by atoms with Gasteiger partial charge in [0.2, 0.25) is 0 Å². The Hall–Kier alpha value is -2.17. The molecule has 0 N–H and O–H groups in total. The summed E-state index contributed by atoms with van der Waals surface area (Å²) in [5, 5.41) is 0. The number of hydrogen-bond acceptors (Lipinski definition) is 4. The normalized spacial score (nSPS) is 10.9. The second-order valence-electron chi connectivity index (χ2n) is 5.42. The summed E-state index contributed by atoms with van der Waals surface area (Å²) in [5.74, 6) is 0. The van der Waals surface area contributed by atoms with Crippen LogP contribution in [0.15, 0.2) is 78.0 Å². The van der Waals surface area contributed by atoms with Crippen molar-refractivity contribution in [2.75, 3.05) is 0 Å². The van der Waals surface area contributed by atoms with Gasteiger partial charge in [-0.15, -0.1) is 12.6 Å². The van der Waals surface area contributed by atoms with E-state index in [0.29, 0.717) is 0 Å². The zero-order valence-corrected chi connectivity index (χ0v) is 13.7. The van der Waals surface area contributed by atoms with E-state index < -0.39 is 0 Å². The quantitative estimate of drug-likeness (QED) is 0.697. The average molecular weight is 321 g/mol. The maximum Gasteiger partial charge on any atom is 0.0544 e. The van der Waals surface area contributed by atoms with E-state index in [4.69, 9.17) is 0 Å². The van der Waals surface area contributed by atoms with E-state index in [0.717, 1.165) is 35.9 Å². The Balaban J connectivity index is 1.79. The van der Waals surface area contributed by atoms with Gasteiger partial charge in [0.1, 0.15) is 0 Å². The lowest BCUT2D eigenvalue weighted by Gasteiger charge is -2.22. The number of aromatic nitrogens is 2. The summed E-state index contributed by atoms with van der Waals surface area (Å²) in [7, 11) is 0. The van der Waals surface area contributed by atoms with E-state index in [9.17, 15) is 0 Å². The minimum Gasteiger partial charge on any atom is -0.287 e. The predicted molar refractivity (Wildman–Crippen MR) is 95.1 cm³/mol. The molecule has 0 radical (unpaired) electrons. The molecule has 0 amide bonds. The molecule has 0 unspecified atom stereocenters. The van der Waals surface area contributed by atoms with Gasteiger partial charge in [0.05, 0.1) is 11.4 Å². The van der Waals surface area contributed by atoms with Gasteiger partial charge < -0.3 is 0 Å². The summed E-state index contributed by atoms with van der Waals surface area (Å²) in [5.41, 5.74) is 3.32. The molecule has 0 atom stereocenters. The lowest BCUT2D eigenvalue weighted by atomic mass is 10.2. The van der Waals surface area contributed by atoms with Crippen LogP contribution in [0.25, 0.3) is 0 Å². The van der Waals surface area contributed by atoms with E-state index >= 15 is 0 Å². The van der Waals surface area contributed by atoms with Crippen molar-refractivity contribution in [2.45, 2.75) is 24.5 Å². The second-order valence-corrected chi connectivity index (χ2v) is 5.90. The molecule has 0 fully saturated rings. The fraction of sp³-hybridized carbons (Fsp3) is 0.158. The minimum atomic E-state index is 0.777. The molecule has 0 spiro atoms. The number of hydrogen-bond donors (Lipinski definition) is 1. The highest BCUT2D eigenvalue weighted by molar-refractivity contribution is 7.80. The lowest BCUT2D eigenvalue weighted by molar-refractivity contribution is 0.240. The monoisotopic (exact) mass is 321 g/mol. The van der Waals surface area contributed by atoms with Gasteiger partial charge in [-0.2, -0.15) is 0 Å². The number of benzene rings is 1. The first kappa shape index (κ1) is 15.7. The third-order valence-electron chi connectivity index (χ3n) is 3.61. The van der Waals surface area contributed by atoms with E-state index in [2.05, 4.69) is 51.8 Å². The van der Waals surface area contributed by atoms with Gasteiger partial charge in [0.15, 0.2) is 0 Å². The molecule has 0 aliphatic heterocycles. The van der Waals surface area contributed by atoms with Crippen molar-refractivity contribution < 1.29 is 0 Å². The molecule has 23 heavy (non-hydrogen) atoms. The van der Waals surface area contributed by atoms with Crippen LogP contribution in [-0.4, -0.2) is 14.9 Å². The molecule has 2 aromatic heterocycles. The van der Waals surface area contributed by atoms with Crippen LogP contribution >= 0.6 is 12.6 Å². The summed E-state index contributed by atoms with van der Waals surface area (Å²) in [6.07, 6.45) is 3.67. The molecule has 3 rings (SSSR count). The Bertz CT molecular complexity index is 690. The van der Waals surface area contributed by atoms with E-state index in [1.807, 2.05) is 48.8 Å². The first-order valence-electron chi connectivity index (χ1n) is 7.60. The molecule has 0 aliphatic carbocycles. The van der Waals surface area contributed by atoms with Gasteiger partial charge in [-0.05, 0) is 35.9 Å². The summed E-state index contributed by atoms with van der Waals surface area (Å²) < 4.78 is 0. The van der Waals surface area contributed by atoms with Crippen LogP contribution in [0.3, 0.4) is 0 Å². The third-order valence-corrected chi connectivity index (χ3v) is 4.05. The molecular weight excluding hydrogens is 302 g/mol. The Morgan fingerprint density at radius 2 is 1.26 bits per heavy atom. The maximum atomic E-state index is 4.57. The molecular formula is C19H19N3S. The zero-order valence-electron chi connectivity index (χ0n) is 12.8. The van der Waals surface area contributed by atoms with Gasteiger partial charge in [0, 0.05) is 36.9 Å². The molecule has 0 aliphatic rings. The largest absolute Gasteiger partial charge is 0.287 e. The summed E-state index contributed by atoms with van der Waals surface area (Å²) >= 11 is 4.57. The standard InChI is InChI=1S/C19H19N3S/c23-19-10-2-1-7-16(19)13-22(14-17-8-3-5-11-20-17)15-18-9-4-6-12-21-18/h1-12,23H,13-15H2. The Morgan fingerprint density at radius 3 is 1.78 bits per heavy atom. The van der Waals surface area contributed by atoms with Crippen LogP contribution in [0.4, 0.5) is 0 Å². The molecule has 1 aromatic carbocycles. The van der Waals surface area contributed by atoms with E-state index in [1.165, 1.54) is 5.56 Å². The van der Waals surface area contributed by atoms with Crippen molar-refractivity contribution in [1.29, 1.82) is 0 Å². The number of nitrogens with zero attached hydrogens (tertiary/aromatic N) is 3. The minimum absolute atomic E-state index is 0.777. The van der Waals surface area contributed by atoms with Gasteiger partial charge in [0.25, 0.3) is 0 Å². The van der Waals surface area contributed by atoms with Gasteiger partial charge in [-0.1, -0.05) is 30.3 Å². The molecule has 4 heteroatoms. The highest BCUT2D eigenvalue weighted by Crippen LogP contribution is 2.18. The average Bonchev–Trinajstić information content (AvgIpc) is 2.59. The predicted octanol–water partition coefficient (Wildman–Crippen LogP) is 3.97. The van der Waals surface area contributed by atoms with Crippen LogP contribution in [0.1, 0.15) is 17.0 Å². The summed E-state index contributed by atoms with van der Waals surface area (Å²) in [4.78, 5) is 12.2. The Morgan fingerprint density at radius 1 is 0.696 bits per heavy atom. The van der Waals surface area contributed by atoms with Crippen LogP contribution < -0.4 is 0 Å². The van der Waals surface area contributed by atoms with Crippen molar-refractivity contribution in [3.05, 3.63) is 90.0 Å². The fourth-order valence-corrected chi connectivity index (χ4v) is 2.73. The van der Waals surface area contributed by atoms with Gasteiger partial charge in [-0.3, -0.25) is 14.9 Å². The number of rotatable bonds is 6. The van der Waals surface area contributed by atoms with Crippen LogP contribution in [0.2, 0.25) is 0 Å². The van der Waals surface area contributed by atoms with Crippen molar-refractivity contribution in [3.63, 3.8) is 0 Å². The van der Waals surface area contributed by atoms with Crippen LogP contribution in [-0.2, 0) is 19.6 Å². The van der Waals surface area contributed by atoms with Crippen molar-refractivity contribution in [2.24, 2.45) is 0 Å². The molecule has 2 heterocycles.